The molecule has 2 N–H and O–H groups in total. The molecule has 0 saturated carbocycles. The number of amides is 2. The van der Waals surface area contributed by atoms with E-state index < -0.39 is 23.8 Å². The number of benzodiazepines with no additional fused rings is 1. The molecule has 1 unspecified atom stereocenters. The van der Waals surface area contributed by atoms with Gasteiger partial charge < -0.3 is 20.3 Å². The normalized spacial score (nSPS) is 14.8. The largest absolute Gasteiger partial charge is 0.383 e. The zero-order chi connectivity index (χ0) is 28.3. The third-order valence-corrected chi connectivity index (χ3v) is 6.78. The average molecular weight is 593 g/mol. The second-order valence-electron chi connectivity index (χ2n) is 8.94. The van der Waals surface area contributed by atoms with Crippen molar-refractivity contribution < 1.29 is 18.7 Å². The third-order valence-electron chi connectivity index (χ3n) is 5.97. The minimum absolute atomic E-state index is 0.0614. The monoisotopic (exact) mass is 591 g/mol. The van der Waals surface area contributed by atoms with Crippen LogP contribution >= 0.6 is 34.8 Å². The fraction of sp³-hybridized carbons (Fsp3) is 0.259. The summed E-state index contributed by atoms with van der Waals surface area (Å²) in [5.74, 6) is -1.83. The van der Waals surface area contributed by atoms with Crippen LogP contribution in [0.5, 0.6) is 0 Å². The summed E-state index contributed by atoms with van der Waals surface area (Å²) >= 11 is 19.1. The zero-order valence-electron chi connectivity index (χ0n) is 21.3. The quantitative estimate of drug-likeness (QED) is 0.356. The van der Waals surface area contributed by atoms with Gasteiger partial charge in [0.15, 0.2) is 0 Å². The molecule has 1 atom stereocenters. The maximum atomic E-state index is 14.3. The van der Waals surface area contributed by atoms with Crippen LogP contribution in [0.2, 0.25) is 15.1 Å². The average Bonchev–Trinajstić information content (AvgIpc) is 3.00. The molecule has 2 heterocycles. The number of aliphatic imine (C=N–C) groups is 1. The maximum absolute atomic E-state index is 14.3. The summed E-state index contributed by atoms with van der Waals surface area (Å²) in [5.41, 5.74) is 1.52. The number of hydrogen-bond donors (Lipinski definition) is 2. The van der Waals surface area contributed by atoms with Crippen molar-refractivity contribution in [3.05, 3.63) is 86.2 Å². The number of anilines is 2. The van der Waals surface area contributed by atoms with Gasteiger partial charge in [0, 0.05) is 35.8 Å². The van der Waals surface area contributed by atoms with Crippen LogP contribution in [0.15, 0.2) is 53.7 Å². The Morgan fingerprint density at radius 3 is 2.54 bits per heavy atom. The standard InChI is InChI=1S/C27H25Cl3FN5O3/c1-14(2)36(8-9-39-3)25-18(12-16(31)13-32-25)26(37)35-24-27(38)33-21-7-5-4-6-17(21)23(34-24)22-19(29)10-15(28)11-20(22)30/h4-7,10-14,24H,8-9H2,1-3H3,(H,33,38)(H,35,37). The number of fused-ring (bicyclic) bond motifs is 1. The van der Waals surface area contributed by atoms with E-state index in [9.17, 15) is 14.0 Å². The molecule has 1 aromatic heterocycles. The number of para-hydroxylation sites is 1. The maximum Gasteiger partial charge on any atom is 0.269 e. The highest BCUT2D eigenvalue weighted by atomic mass is 35.5. The van der Waals surface area contributed by atoms with E-state index in [1.807, 2.05) is 18.7 Å². The highest BCUT2D eigenvalue weighted by Gasteiger charge is 2.31. The molecular weight excluding hydrogens is 568 g/mol. The Balaban J connectivity index is 1.78. The Morgan fingerprint density at radius 1 is 1.18 bits per heavy atom. The Hall–Kier alpha value is -3.24. The van der Waals surface area contributed by atoms with Crippen molar-refractivity contribution in [2.45, 2.75) is 26.1 Å². The summed E-state index contributed by atoms with van der Waals surface area (Å²) in [7, 11) is 1.56. The molecule has 1 aliphatic rings. The molecule has 0 radical (unpaired) electrons. The second-order valence-corrected chi connectivity index (χ2v) is 10.2. The number of nitrogens with one attached hydrogen (secondary N) is 2. The molecule has 204 valence electrons. The van der Waals surface area contributed by atoms with Crippen LogP contribution < -0.4 is 15.5 Å². The van der Waals surface area contributed by atoms with Gasteiger partial charge in [-0.15, -0.1) is 0 Å². The lowest BCUT2D eigenvalue weighted by atomic mass is 10.0. The number of benzene rings is 2. The predicted octanol–water partition coefficient (Wildman–Crippen LogP) is 5.59. The Kier molecular flexibility index (Phi) is 9.07. The van der Waals surface area contributed by atoms with E-state index in [-0.39, 0.29) is 33.2 Å². The molecular formula is C27H25Cl3FN5O3. The zero-order valence-corrected chi connectivity index (χ0v) is 23.5. The molecule has 2 aromatic carbocycles. The summed E-state index contributed by atoms with van der Waals surface area (Å²) in [4.78, 5) is 37.4. The van der Waals surface area contributed by atoms with E-state index in [1.165, 1.54) is 12.1 Å². The first-order valence-corrected chi connectivity index (χ1v) is 13.1. The topological polar surface area (TPSA) is 95.9 Å². The Labute approximate surface area is 240 Å². The number of ether oxygens (including phenoxy) is 1. The molecule has 4 rings (SSSR count). The number of halogens is 4. The number of carbonyl (C=O) groups is 2. The molecule has 0 saturated heterocycles. The summed E-state index contributed by atoms with van der Waals surface area (Å²) in [6.07, 6.45) is -0.380. The van der Waals surface area contributed by atoms with Gasteiger partial charge in [-0.05, 0) is 38.1 Å². The van der Waals surface area contributed by atoms with Crippen molar-refractivity contribution in [3.63, 3.8) is 0 Å². The van der Waals surface area contributed by atoms with E-state index in [0.717, 1.165) is 12.3 Å². The van der Waals surface area contributed by atoms with Gasteiger partial charge in [0.05, 0.1) is 39.8 Å². The molecule has 0 fully saturated rings. The van der Waals surface area contributed by atoms with Gasteiger partial charge in [-0.1, -0.05) is 53.0 Å². The van der Waals surface area contributed by atoms with Crippen molar-refractivity contribution in [1.82, 2.24) is 10.3 Å². The summed E-state index contributed by atoms with van der Waals surface area (Å²) in [6, 6.07) is 10.9. The molecule has 0 aliphatic carbocycles. The SMILES string of the molecule is COCCN(c1ncc(F)cc1C(=O)NC1N=C(c2c(Cl)cc(Cl)cc2Cl)c2ccccc2NC1=O)C(C)C. The first-order chi connectivity index (χ1) is 18.6. The van der Waals surface area contributed by atoms with Crippen LogP contribution in [0.3, 0.4) is 0 Å². The van der Waals surface area contributed by atoms with Crippen LogP contribution in [-0.4, -0.2) is 55.0 Å². The van der Waals surface area contributed by atoms with Crippen LogP contribution in [0, 0.1) is 5.82 Å². The van der Waals surface area contributed by atoms with E-state index in [2.05, 4.69) is 20.6 Å². The minimum Gasteiger partial charge on any atom is -0.383 e. The molecule has 0 spiro atoms. The summed E-state index contributed by atoms with van der Waals surface area (Å²) < 4.78 is 19.5. The van der Waals surface area contributed by atoms with Crippen LogP contribution in [0.25, 0.3) is 0 Å². The number of hydrogen-bond acceptors (Lipinski definition) is 6. The highest BCUT2D eigenvalue weighted by molar-refractivity contribution is 6.44. The number of rotatable bonds is 8. The fourth-order valence-electron chi connectivity index (χ4n) is 4.15. The smallest absolute Gasteiger partial charge is 0.269 e. The molecule has 2 amide bonds. The fourth-order valence-corrected chi connectivity index (χ4v) is 5.15. The van der Waals surface area contributed by atoms with Gasteiger partial charge in [-0.2, -0.15) is 0 Å². The first-order valence-electron chi connectivity index (χ1n) is 12.0. The van der Waals surface area contributed by atoms with Crippen LogP contribution in [-0.2, 0) is 9.53 Å². The van der Waals surface area contributed by atoms with Crippen molar-refractivity contribution >= 4 is 63.8 Å². The molecule has 12 heteroatoms. The van der Waals surface area contributed by atoms with Gasteiger partial charge in [-0.25, -0.2) is 14.4 Å². The lowest BCUT2D eigenvalue weighted by Gasteiger charge is -2.29. The van der Waals surface area contributed by atoms with Gasteiger partial charge in [0.1, 0.15) is 11.6 Å². The van der Waals surface area contributed by atoms with Crippen molar-refractivity contribution in [2.24, 2.45) is 4.99 Å². The van der Waals surface area contributed by atoms with E-state index in [1.54, 1.807) is 31.4 Å². The van der Waals surface area contributed by atoms with Crippen LogP contribution in [0.1, 0.15) is 35.3 Å². The summed E-state index contributed by atoms with van der Waals surface area (Å²) in [5, 5.41) is 6.13. The third kappa shape index (κ3) is 6.33. The molecule has 3 aromatic rings. The van der Waals surface area contributed by atoms with Crippen molar-refractivity contribution in [3.8, 4) is 0 Å². The van der Waals surface area contributed by atoms with E-state index in [0.29, 0.717) is 35.0 Å². The van der Waals surface area contributed by atoms with Gasteiger partial charge in [-0.3, -0.25) is 9.59 Å². The number of aromatic nitrogens is 1. The van der Waals surface area contributed by atoms with E-state index >= 15 is 0 Å². The number of carbonyl (C=O) groups excluding carboxylic acids is 2. The number of methoxy groups -OCH3 is 1. The van der Waals surface area contributed by atoms with Crippen molar-refractivity contribution in [2.75, 3.05) is 30.5 Å². The van der Waals surface area contributed by atoms with Crippen LogP contribution in [0.4, 0.5) is 15.9 Å². The highest BCUT2D eigenvalue weighted by Crippen LogP contribution is 2.34. The minimum atomic E-state index is -1.41. The lowest BCUT2D eigenvalue weighted by molar-refractivity contribution is -0.117. The lowest BCUT2D eigenvalue weighted by Crippen LogP contribution is -2.43. The molecule has 39 heavy (non-hydrogen) atoms. The summed E-state index contributed by atoms with van der Waals surface area (Å²) in [6.45, 7) is 4.59. The predicted molar refractivity (Wildman–Crippen MR) is 152 cm³/mol. The van der Waals surface area contributed by atoms with Gasteiger partial charge >= 0.3 is 0 Å². The second kappa shape index (κ2) is 12.3. The van der Waals surface area contributed by atoms with Gasteiger partial charge in [0.25, 0.3) is 11.8 Å². The Morgan fingerprint density at radius 2 is 1.87 bits per heavy atom. The number of nitrogens with zero attached hydrogens (tertiary/aromatic N) is 3. The number of pyridine rings is 1. The van der Waals surface area contributed by atoms with Crippen molar-refractivity contribution in [1.29, 1.82) is 0 Å². The van der Waals surface area contributed by atoms with Gasteiger partial charge in [0.2, 0.25) is 6.17 Å². The molecule has 0 bridgehead atoms. The first kappa shape index (κ1) is 28.8. The van der Waals surface area contributed by atoms with E-state index in [4.69, 9.17) is 39.5 Å². The molecule has 1 aliphatic heterocycles. The Bertz CT molecular complexity index is 1430. The molecule has 8 nitrogen and oxygen atoms in total.